The first kappa shape index (κ1) is 7.39. The van der Waals surface area contributed by atoms with Crippen LogP contribution in [-0.4, -0.2) is 28.3 Å². The Kier molecular flexibility index (Phi) is 2.44. The van der Waals surface area contributed by atoms with E-state index in [4.69, 9.17) is 15.9 Å². The fourth-order valence-corrected chi connectivity index (χ4v) is 0.206. The largest absolute Gasteiger partial charge is 0.480 e. The molecular weight excluding hydrogens is 111 g/mol. The Balaban J connectivity index is 3.64. The lowest BCUT2D eigenvalue weighted by molar-refractivity contribution is -0.140. The lowest BCUT2D eigenvalue weighted by atomic mass is 10.2. The van der Waals surface area contributed by atoms with E-state index in [0.717, 1.165) is 0 Å². The van der Waals surface area contributed by atoms with Gasteiger partial charge in [-0.05, 0) is 6.92 Å². The number of aliphatic hydroxyl groups excluding tert-OH is 1. The van der Waals surface area contributed by atoms with E-state index in [0.29, 0.717) is 0 Å². The average Bonchev–Trinajstić information content (AvgIpc) is 1.64. The zero-order valence-electron chi connectivity index (χ0n) is 4.53. The minimum absolute atomic E-state index is 0.979. The van der Waals surface area contributed by atoms with Crippen molar-refractivity contribution >= 4 is 5.97 Å². The molecule has 0 saturated heterocycles. The minimum Gasteiger partial charge on any atom is -0.480 e. The number of hydrogen-bond donors (Lipinski definition) is 3. The van der Waals surface area contributed by atoms with Crippen molar-refractivity contribution in [2.24, 2.45) is 5.73 Å². The molecular formula is C4H9NO3. The van der Waals surface area contributed by atoms with E-state index in [9.17, 15) is 4.79 Å². The van der Waals surface area contributed by atoms with Gasteiger partial charge in [-0.25, -0.2) is 0 Å². The second-order valence-corrected chi connectivity index (χ2v) is 1.60. The van der Waals surface area contributed by atoms with Crippen LogP contribution in [0.3, 0.4) is 0 Å². The predicted molar refractivity (Wildman–Crippen MR) is 27.3 cm³/mol. The van der Waals surface area contributed by atoms with Crippen LogP contribution in [0.2, 0.25) is 0 Å². The third kappa shape index (κ3) is 1.90. The summed E-state index contributed by atoms with van der Waals surface area (Å²) >= 11 is 0. The molecule has 0 spiro atoms. The number of aliphatic hydroxyl groups is 1. The number of rotatable bonds is 2. The van der Waals surface area contributed by atoms with Crippen LogP contribution in [0.15, 0.2) is 0 Å². The van der Waals surface area contributed by atoms with Crippen molar-refractivity contribution < 1.29 is 15.0 Å². The quantitative estimate of drug-likeness (QED) is 0.399. The van der Waals surface area contributed by atoms with Crippen molar-refractivity contribution in [1.82, 2.24) is 0 Å². The second-order valence-electron chi connectivity index (χ2n) is 1.60. The summed E-state index contributed by atoms with van der Waals surface area (Å²) in [5.41, 5.74) is 4.91. The summed E-state index contributed by atoms with van der Waals surface area (Å²) < 4.78 is 0. The number of nitrogens with two attached hydrogens (primary N) is 1. The second kappa shape index (κ2) is 2.64. The highest BCUT2D eigenvalue weighted by Crippen LogP contribution is 1.85. The van der Waals surface area contributed by atoms with Crippen LogP contribution in [0.4, 0.5) is 0 Å². The van der Waals surface area contributed by atoms with E-state index in [1.54, 1.807) is 0 Å². The van der Waals surface area contributed by atoms with Crippen LogP contribution in [-0.2, 0) is 4.79 Å². The third-order valence-corrected chi connectivity index (χ3v) is 0.805. The fourth-order valence-electron chi connectivity index (χ4n) is 0.206. The Labute approximate surface area is 46.9 Å². The van der Waals surface area contributed by atoms with Crippen molar-refractivity contribution in [1.29, 1.82) is 0 Å². The smallest absolute Gasteiger partial charge is 0.323 e. The lowest BCUT2D eigenvalue weighted by Gasteiger charge is -2.06. The Bertz CT molecular complexity index is 91.3. The summed E-state index contributed by atoms with van der Waals surface area (Å²) in [6, 6.07) is -1.16. The first-order valence-electron chi connectivity index (χ1n) is 2.22. The molecule has 0 aromatic carbocycles. The minimum atomic E-state index is -1.18. The van der Waals surface area contributed by atoms with E-state index in [-0.39, 0.29) is 0 Å². The molecule has 4 nitrogen and oxygen atoms in total. The van der Waals surface area contributed by atoms with Gasteiger partial charge in [0.25, 0.3) is 0 Å². The van der Waals surface area contributed by atoms with Gasteiger partial charge < -0.3 is 15.9 Å². The molecule has 4 heteroatoms. The van der Waals surface area contributed by atoms with Gasteiger partial charge in [-0.2, -0.15) is 0 Å². The lowest BCUT2D eigenvalue weighted by Crippen LogP contribution is -2.39. The number of hydrogen-bond acceptors (Lipinski definition) is 3. The van der Waals surface area contributed by atoms with Crippen LogP contribution in [0.5, 0.6) is 0 Å². The molecule has 0 aromatic rings. The first-order valence-corrected chi connectivity index (χ1v) is 2.22. The maximum absolute atomic E-state index is 9.86. The van der Waals surface area contributed by atoms with Crippen molar-refractivity contribution in [3.63, 3.8) is 0 Å². The standard InChI is InChI=1S/C4H9NO3/c1-2(6)3(5)4(7)8/h2-3,6H,5H2,1H3,(H,7,8)/i5+1. The first-order chi connectivity index (χ1) is 3.55. The van der Waals surface area contributed by atoms with Gasteiger partial charge in [0.05, 0.1) is 6.10 Å². The van der Waals surface area contributed by atoms with Gasteiger partial charge in [0.15, 0.2) is 0 Å². The summed E-state index contributed by atoms with van der Waals surface area (Å²) in [5, 5.41) is 16.6. The van der Waals surface area contributed by atoms with Gasteiger partial charge in [-0.1, -0.05) is 0 Å². The van der Waals surface area contributed by atoms with Gasteiger partial charge in [0, 0.05) is 0 Å². The molecule has 0 aliphatic carbocycles. The van der Waals surface area contributed by atoms with Crippen LogP contribution in [0.25, 0.3) is 0 Å². The maximum Gasteiger partial charge on any atom is 0.323 e. The molecule has 0 fully saturated rings. The molecule has 0 bridgehead atoms. The summed E-state index contributed by atoms with van der Waals surface area (Å²) in [5.74, 6) is -1.18. The van der Waals surface area contributed by atoms with Gasteiger partial charge in [-0.3, -0.25) is 4.79 Å². The van der Waals surface area contributed by atoms with E-state index in [1.165, 1.54) is 6.92 Å². The van der Waals surface area contributed by atoms with E-state index < -0.39 is 18.1 Å². The molecule has 2 atom stereocenters. The number of carboxylic acid groups (broad SMARTS) is 1. The van der Waals surface area contributed by atoms with E-state index in [2.05, 4.69) is 0 Å². The van der Waals surface area contributed by atoms with Crippen LogP contribution < -0.4 is 5.73 Å². The predicted octanol–water partition coefficient (Wildman–Crippen LogP) is -1.22. The molecule has 0 aliphatic heterocycles. The van der Waals surface area contributed by atoms with Gasteiger partial charge in [0.1, 0.15) is 6.04 Å². The number of aliphatic carboxylic acids is 1. The zero-order chi connectivity index (χ0) is 6.73. The van der Waals surface area contributed by atoms with Gasteiger partial charge in [-0.15, -0.1) is 0 Å². The average molecular weight is 120 g/mol. The zero-order valence-corrected chi connectivity index (χ0v) is 4.53. The molecule has 0 amide bonds. The summed E-state index contributed by atoms with van der Waals surface area (Å²) in [6.45, 7) is 1.33. The van der Waals surface area contributed by atoms with Crippen molar-refractivity contribution in [3.8, 4) is 0 Å². The topological polar surface area (TPSA) is 83.5 Å². The highest BCUT2D eigenvalue weighted by Gasteiger charge is 2.16. The highest BCUT2D eigenvalue weighted by molar-refractivity contribution is 5.73. The van der Waals surface area contributed by atoms with Crippen LogP contribution in [0.1, 0.15) is 6.92 Å². The van der Waals surface area contributed by atoms with Crippen molar-refractivity contribution in [3.05, 3.63) is 0 Å². The third-order valence-electron chi connectivity index (χ3n) is 0.805. The van der Waals surface area contributed by atoms with Gasteiger partial charge in [0.2, 0.25) is 0 Å². The normalized spacial score (nSPS) is 17.4. The molecule has 2 unspecified atom stereocenters. The summed E-state index contributed by atoms with van der Waals surface area (Å²) in [4.78, 5) is 9.86. The molecule has 0 aromatic heterocycles. The molecule has 0 radical (unpaired) electrons. The molecule has 0 heterocycles. The molecule has 8 heavy (non-hydrogen) atoms. The Morgan fingerprint density at radius 3 is 2.12 bits per heavy atom. The van der Waals surface area contributed by atoms with Crippen molar-refractivity contribution in [2.45, 2.75) is 19.1 Å². The maximum atomic E-state index is 9.86. The van der Waals surface area contributed by atoms with Crippen LogP contribution >= 0.6 is 0 Å². The molecule has 0 rings (SSSR count). The Hall–Kier alpha value is -0.610. The van der Waals surface area contributed by atoms with E-state index in [1.807, 2.05) is 0 Å². The highest BCUT2D eigenvalue weighted by atomic mass is 16.4. The summed E-state index contributed by atoms with van der Waals surface area (Å²) in [6.07, 6.45) is -0.979. The Morgan fingerprint density at radius 1 is 1.75 bits per heavy atom. The number of carbonyl (C=O) groups is 1. The molecule has 4 N–H and O–H groups in total. The van der Waals surface area contributed by atoms with E-state index >= 15 is 0 Å². The monoisotopic (exact) mass is 120 g/mol. The summed E-state index contributed by atoms with van der Waals surface area (Å²) in [7, 11) is 0. The molecule has 0 aliphatic rings. The van der Waals surface area contributed by atoms with Crippen LogP contribution in [0, 0.1) is 0 Å². The van der Waals surface area contributed by atoms with Crippen molar-refractivity contribution in [2.75, 3.05) is 0 Å². The molecule has 48 valence electrons. The fraction of sp³-hybridized carbons (Fsp3) is 0.750. The number of carboxylic acids is 1. The van der Waals surface area contributed by atoms with Gasteiger partial charge >= 0.3 is 5.97 Å². The molecule has 0 saturated carbocycles. The Morgan fingerprint density at radius 2 is 2.12 bits per heavy atom. The SMILES string of the molecule is CC(O)C([15NH2])C(=O)O.